The van der Waals surface area contributed by atoms with Crippen molar-refractivity contribution in [2.75, 3.05) is 26.7 Å². The minimum Gasteiger partial charge on any atom is -0.318 e. The highest BCUT2D eigenvalue weighted by Gasteiger charge is 1.79. The van der Waals surface area contributed by atoms with Gasteiger partial charge in [0.25, 0.3) is 0 Å². The quantitative estimate of drug-likeness (QED) is 0.502. The van der Waals surface area contributed by atoms with E-state index in [-0.39, 0.29) is 0 Å². The molecule has 0 aromatic heterocycles. The van der Waals surface area contributed by atoms with E-state index in [0.717, 1.165) is 19.6 Å². The maximum absolute atomic E-state index is 3.27. The van der Waals surface area contributed by atoms with Crippen LogP contribution in [0.2, 0.25) is 0 Å². The van der Waals surface area contributed by atoms with Gasteiger partial charge in [-0.2, -0.15) is 0 Å². The van der Waals surface area contributed by atoms with Gasteiger partial charge in [-0.15, -0.1) is 0 Å². The van der Waals surface area contributed by atoms with E-state index in [2.05, 4.69) is 17.6 Å². The van der Waals surface area contributed by atoms with E-state index in [4.69, 9.17) is 0 Å². The van der Waals surface area contributed by atoms with Gasteiger partial charge in [0, 0.05) is 13.1 Å². The van der Waals surface area contributed by atoms with Crippen molar-refractivity contribution in [1.29, 1.82) is 0 Å². The van der Waals surface area contributed by atoms with Gasteiger partial charge in [-0.1, -0.05) is 6.92 Å². The van der Waals surface area contributed by atoms with Gasteiger partial charge in [0.1, 0.15) is 0 Å². The van der Waals surface area contributed by atoms with Crippen molar-refractivity contribution in [2.24, 2.45) is 0 Å². The van der Waals surface area contributed by atoms with Crippen molar-refractivity contribution in [3.8, 4) is 0 Å². The summed E-state index contributed by atoms with van der Waals surface area (Å²) in [4.78, 5) is 0. The molecule has 0 unspecified atom stereocenters. The molecule has 0 atom stereocenters. The zero-order valence-electron chi connectivity index (χ0n) is 5.83. The van der Waals surface area contributed by atoms with Crippen molar-refractivity contribution in [2.45, 2.75) is 13.3 Å². The summed E-state index contributed by atoms with van der Waals surface area (Å²) in [6.07, 6.45) is 1.23. The summed E-state index contributed by atoms with van der Waals surface area (Å²) >= 11 is 0. The molecule has 0 fully saturated rings. The molecule has 2 N–H and O–H groups in total. The molecule has 0 radical (unpaired) electrons. The maximum atomic E-state index is 3.27. The molecule has 2 nitrogen and oxygen atoms in total. The predicted molar refractivity (Wildman–Crippen MR) is 37.1 cm³/mol. The third kappa shape index (κ3) is 5.92. The number of rotatable bonds is 5. The second-order valence-corrected chi connectivity index (χ2v) is 1.85. The minimum absolute atomic E-state index is 1.07. The SMILES string of the molecule is CCCNCCNC. The van der Waals surface area contributed by atoms with Crippen molar-refractivity contribution in [3.05, 3.63) is 0 Å². The highest BCUT2D eigenvalue weighted by atomic mass is 14.9. The normalized spacial score (nSPS) is 9.75. The lowest BCUT2D eigenvalue weighted by molar-refractivity contribution is 0.641. The van der Waals surface area contributed by atoms with Gasteiger partial charge in [-0.3, -0.25) is 0 Å². The first-order valence-electron chi connectivity index (χ1n) is 3.27. The zero-order valence-corrected chi connectivity index (χ0v) is 5.83. The van der Waals surface area contributed by atoms with E-state index in [9.17, 15) is 0 Å². The first-order valence-corrected chi connectivity index (χ1v) is 3.27. The zero-order chi connectivity index (χ0) is 6.24. The Labute approximate surface area is 51.7 Å². The fourth-order valence-corrected chi connectivity index (χ4v) is 0.515. The predicted octanol–water partition coefficient (Wildman–Crippen LogP) is 0.205. The lowest BCUT2D eigenvalue weighted by Gasteiger charge is -1.99. The molecule has 0 rings (SSSR count). The molecule has 0 aliphatic heterocycles. The lowest BCUT2D eigenvalue weighted by Crippen LogP contribution is -2.25. The average molecular weight is 116 g/mol. The molecule has 0 aromatic carbocycles. The second-order valence-electron chi connectivity index (χ2n) is 1.85. The molecular weight excluding hydrogens is 100 g/mol. The van der Waals surface area contributed by atoms with Gasteiger partial charge in [0.2, 0.25) is 0 Å². The molecule has 8 heavy (non-hydrogen) atoms. The Morgan fingerprint density at radius 3 is 2.38 bits per heavy atom. The lowest BCUT2D eigenvalue weighted by atomic mass is 10.5. The number of hydrogen-bond acceptors (Lipinski definition) is 2. The summed E-state index contributed by atoms with van der Waals surface area (Å²) in [7, 11) is 1.97. The monoisotopic (exact) mass is 116 g/mol. The van der Waals surface area contributed by atoms with Crippen LogP contribution in [0.1, 0.15) is 13.3 Å². The standard InChI is InChI=1S/C6H16N2/c1-3-4-8-6-5-7-2/h7-8H,3-6H2,1-2H3. The topological polar surface area (TPSA) is 24.1 Å². The van der Waals surface area contributed by atoms with E-state index in [0.29, 0.717) is 0 Å². The van der Waals surface area contributed by atoms with E-state index >= 15 is 0 Å². The number of likely N-dealkylation sites (N-methyl/N-ethyl adjacent to an activating group) is 1. The minimum atomic E-state index is 1.07. The van der Waals surface area contributed by atoms with Crippen LogP contribution in [0.25, 0.3) is 0 Å². The molecule has 0 saturated heterocycles. The largest absolute Gasteiger partial charge is 0.318 e. The van der Waals surface area contributed by atoms with Gasteiger partial charge in [0.05, 0.1) is 0 Å². The highest BCUT2D eigenvalue weighted by molar-refractivity contribution is 4.45. The Morgan fingerprint density at radius 2 is 1.88 bits per heavy atom. The fourth-order valence-electron chi connectivity index (χ4n) is 0.515. The summed E-state index contributed by atoms with van der Waals surface area (Å²) in [5, 5.41) is 6.34. The van der Waals surface area contributed by atoms with Crippen LogP contribution in [0.4, 0.5) is 0 Å². The molecule has 0 amide bonds. The Balaban J connectivity index is 2.53. The van der Waals surface area contributed by atoms with Gasteiger partial charge in [-0.05, 0) is 20.0 Å². The summed E-state index contributed by atoms with van der Waals surface area (Å²) in [5.41, 5.74) is 0. The van der Waals surface area contributed by atoms with Gasteiger partial charge < -0.3 is 10.6 Å². The molecule has 0 saturated carbocycles. The second kappa shape index (κ2) is 6.92. The van der Waals surface area contributed by atoms with Crippen LogP contribution in [0.3, 0.4) is 0 Å². The van der Waals surface area contributed by atoms with Crippen LogP contribution in [-0.2, 0) is 0 Å². The fraction of sp³-hybridized carbons (Fsp3) is 1.00. The average Bonchev–Trinajstić information content (AvgIpc) is 1.81. The summed E-state index contributed by atoms with van der Waals surface area (Å²) in [6, 6.07) is 0. The molecule has 0 aliphatic carbocycles. The summed E-state index contributed by atoms with van der Waals surface area (Å²) in [6.45, 7) is 5.47. The van der Waals surface area contributed by atoms with E-state index in [1.54, 1.807) is 0 Å². The van der Waals surface area contributed by atoms with E-state index in [1.807, 2.05) is 7.05 Å². The molecule has 2 heteroatoms. The van der Waals surface area contributed by atoms with Crippen LogP contribution in [0.5, 0.6) is 0 Å². The van der Waals surface area contributed by atoms with Gasteiger partial charge in [-0.25, -0.2) is 0 Å². The Morgan fingerprint density at radius 1 is 1.12 bits per heavy atom. The van der Waals surface area contributed by atoms with Gasteiger partial charge >= 0.3 is 0 Å². The van der Waals surface area contributed by atoms with Crippen LogP contribution < -0.4 is 10.6 Å². The Kier molecular flexibility index (Phi) is 6.85. The van der Waals surface area contributed by atoms with Crippen LogP contribution in [-0.4, -0.2) is 26.7 Å². The molecule has 0 spiro atoms. The first-order chi connectivity index (χ1) is 3.91. The summed E-state index contributed by atoms with van der Waals surface area (Å²) in [5.74, 6) is 0. The smallest absolute Gasteiger partial charge is 0.00766 e. The molecule has 0 bridgehead atoms. The van der Waals surface area contributed by atoms with Crippen molar-refractivity contribution in [3.63, 3.8) is 0 Å². The summed E-state index contributed by atoms with van der Waals surface area (Å²) < 4.78 is 0. The third-order valence-corrected chi connectivity index (χ3v) is 0.979. The highest BCUT2D eigenvalue weighted by Crippen LogP contribution is 1.66. The van der Waals surface area contributed by atoms with Crippen LogP contribution in [0.15, 0.2) is 0 Å². The molecule has 0 aliphatic rings. The maximum Gasteiger partial charge on any atom is 0.00766 e. The number of nitrogens with one attached hydrogen (secondary N) is 2. The molecule has 0 aromatic rings. The Bertz CT molecular complexity index is 31.5. The molecule has 50 valence electrons. The van der Waals surface area contributed by atoms with Crippen LogP contribution in [0, 0.1) is 0 Å². The van der Waals surface area contributed by atoms with E-state index in [1.165, 1.54) is 6.42 Å². The molecule has 0 heterocycles. The first kappa shape index (κ1) is 7.92. The van der Waals surface area contributed by atoms with Crippen molar-refractivity contribution in [1.82, 2.24) is 10.6 Å². The van der Waals surface area contributed by atoms with Crippen molar-refractivity contribution >= 4 is 0 Å². The third-order valence-electron chi connectivity index (χ3n) is 0.979. The van der Waals surface area contributed by atoms with E-state index < -0.39 is 0 Å². The van der Waals surface area contributed by atoms with Crippen molar-refractivity contribution < 1.29 is 0 Å². The Hall–Kier alpha value is -0.0800. The van der Waals surface area contributed by atoms with Gasteiger partial charge in [0.15, 0.2) is 0 Å². The molecular formula is C6H16N2. The number of hydrogen-bond donors (Lipinski definition) is 2. The van der Waals surface area contributed by atoms with Crippen LogP contribution >= 0.6 is 0 Å².